The van der Waals surface area contributed by atoms with Gasteiger partial charge >= 0.3 is 0 Å². The number of ether oxygens (including phenoxy) is 3. The van der Waals surface area contributed by atoms with Gasteiger partial charge in [-0.25, -0.2) is 0 Å². The second-order valence-electron chi connectivity index (χ2n) is 4.83. The fourth-order valence-electron chi connectivity index (χ4n) is 2.24. The molecule has 2 saturated heterocycles. The highest BCUT2D eigenvalue weighted by Crippen LogP contribution is 2.32. The first-order valence-corrected chi connectivity index (χ1v) is 6.04. The summed E-state index contributed by atoms with van der Waals surface area (Å²) in [6, 6.07) is -1.43. The van der Waals surface area contributed by atoms with Crippen LogP contribution >= 0.6 is 0 Å². The molecule has 0 saturated carbocycles. The third-order valence-electron chi connectivity index (χ3n) is 3.38. The molecular formula is C10H20N2O7. The standard InChI is InChI=1S/C10H20N2O7/c11-4-1-10(16,18-5(4)2-13)19-9-8(15)7(12)6(3-14)17-9/h4-9,13-16H,1-3,11-12H2/t4-,5+,6+,7+,8+,9+,10-/m0/s1. The molecular weight excluding hydrogens is 260 g/mol. The molecule has 7 atom stereocenters. The maximum Gasteiger partial charge on any atom is 0.284 e. The lowest BCUT2D eigenvalue weighted by molar-refractivity contribution is -0.399. The first-order chi connectivity index (χ1) is 8.90. The zero-order valence-corrected chi connectivity index (χ0v) is 10.3. The summed E-state index contributed by atoms with van der Waals surface area (Å²) in [4.78, 5) is 0. The molecule has 0 aromatic heterocycles. The van der Waals surface area contributed by atoms with Crippen molar-refractivity contribution < 1.29 is 34.6 Å². The molecule has 112 valence electrons. The number of aliphatic hydroxyl groups is 4. The molecule has 0 aliphatic carbocycles. The minimum absolute atomic E-state index is 0.0795. The SMILES string of the molecule is N[C@H]1[C@@H](O)[C@@H](O[C@]2(O)C[C@H](N)[C@@H](CO)O2)O[C@@H]1CO. The highest BCUT2D eigenvalue weighted by Gasteiger charge is 2.51. The van der Waals surface area contributed by atoms with Crippen LogP contribution in [0.2, 0.25) is 0 Å². The van der Waals surface area contributed by atoms with E-state index in [1.54, 1.807) is 0 Å². The Labute approximate surface area is 109 Å². The van der Waals surface area contributed by atoms with Gasteiger partial charge in [-0.05, 0) is 0 Å². The number of nitrogens with two attached hydrogens (primary N) is 2. The molecule has 9 heteroatoms. The topological polar surface area (TPSA) is 161 Å². The highest BCUT2D eigenvalue weighted by molar-refractivity contribution is 4.91. The Hall–Kier alpha value is -0.360. The van der Waals surface area contributed by atoms with Crippen molar-refractivity contribution in [2.45, 2.75) is 49.1 Å². The molecule has 0 amide bonds. The smallest absolute Gasteiger partial charge is 0.284 e. The van der Waals surface area contributed by atoms with Crippen LogP contribution in [0.1, 0.15) is 6.42 Å². The lowest BCUT2D eigenvalue weighted by Crippen LogP contribution is -2.45. The summed E-state index contributed by atoms with van der Waals surface area (Å²) in [5.41, 5.74) is 11.3. The van der Waals surface area contributed by atoms with Gasteiger partial charge in [-0.1, -0.05) is 0 Å². The Balaban J connectivity index is 1.98. The minimum atomic E-state index is -2.05. The monoisotopic (exact) mass is 280 g/mol. The van der Waals surface area contributed by atoms with Crippen LogP contribution in [0, 0.1) is 0 Å². The van der Waals surface area contributed by atoms with Crippen molar-refractivity contribution >= 4 is 0 Å². The van der Waals surface area contributed by atoms with E-state index in [1.807, 2.05) is 0 Å². The van der Waals surface area contributed by atoms with E-state index in [0.717, 1.165) is 0 Å². The maximum absolute atomic E-state index is 10.1. The first-order valence-electron chi connectivity index (χ1n) is 6.04. The molecule has 2 aliphatic heterocycles. The van der Waals surface area contributed by atoms with Crippen LogP contribution < -0.4 is 11.5 Å². The van der Waals surface area contributed by atoms with Crippen LogP contribution in [0.15, 0.2) is 0 Å². The Kier molecular flexibility index (Phi) is 4.40. The van der Waals surface area contributed by atoms with Gasteiger partial charge in [0.15, 0.2) is 6.29 Å². The van der Waals surface area contributed by atoms with Crippen LogP contribution in [0.3, 0.4) is 0 Å². The van der Waals surface area contributed by atoms with Gasteiger partial charge in [-0.3, -0.25) is 4.74 Å². The number of rotatable bonds is 4. The highest BCUT2D eigenvalue weighted by atomic mass is 16.9. The molecule has 19 heavy (non-hydrogen) atoms. The van der Waals surface area contributed by atoms with E-state index in [1.165, 1.54) is 0 Å². The Morgan fingerprint density at radius 2 is 1.84 bits per heavy atom. The molecule has 2 heterocycles. The molecule has 0 aromatic rings. The minimum Gasteiger partial charge on any atom is -0.394 e. The third-order valence-corrected chi connectivity index (χ3v) is 3.38. The van der Waals surface area contributed by atoms with Crippen molar-refractivity contribution in [1.29, 1.82) is 0 Å². The predicted molar refractivity (Wildman–Crippen MR) is 60.3 cm³/mol. The van der Waals surface area contributed by atoms with Gasteiger partial charge in [0.25, 0.3) is 5.97 Å². The van der Waals surface area contributed by atoms with E-state index < -0.39 is 42.7 Å². The Bertz CT molecular complexity index is 320. The summed E-state index contributed by atoms with van der Waals surface area (Å²) >= 11 is 0. The maximum atomic E-state index is 10.1. The normalized spacial score (nSPS) is 50.8. The molecule has 2 fully saturated rings. The van der Waals surface area contributed by atoms with Gasteiger partial charge < -0.3 is 41.4 Å². The average Bonchev–Trinajstić information content (AvgIpc) is 2.80. The summed E-state index contributed by atoms with van der Waals surface area (Å²) in [6.45, 7) is -0.740. The summed E-state index contributed by atoms with van der Waals surface area (Å²) in [5.74, 6) is -2.05. The summed E-state index contributed by atoms with van der Waals surface area (Å²) in [6.07, 6.45) is -4.07. The van der Waals surface area contributed by atoms with Gasteiger partial charge in [-0.15, -0.1) is 0 Å². The molecule has 0 bridgehead atoms. The molecule has 0 unspecified atom stereocenters. The fourth-order valence-corrected chi connectivity index (χ4v) is 2.24. The van der Waals surface area contributed by atoms with Crippen molar-refractivity contribution in [3.8, 4) is 0 Å². The molecule has 2 rings (SSSR count). The zero-order chi connectivity index (χ0) is 14.2. The zero-order valence-electron chi connectivity index (χ0n) is 10.3. The van der Waals surface area contributed by atoms with Crippen LogP contribution in [-0.2, 0) is 14.2 Å². The quantitative estimate of drug-likeness (QED) is 0.283. The Morgan fingerprint density at radius 1 is 1.21 bits per heavy atom. The average molecular weight is 280 g/mol. The van der Waals surface area contributed by atoms with Crippen LogP contribution in [0.25, 0.3) is 0 Å². The van der Waals surface area contributed by atoms with Crippen LogP contribution in [-0.4, -0.2) is 76.3 Å². The molecule has 8 N–H and O–H groups in total. The van der Waals surface area contributed by atoms with Crippen molar-refractivity contribution in [2.75, 3.05) is 13.2 Å². The largest absolute Gasteiger partial charge is 0.394 e. The van der Waals surface area contributed by atoms with Crippen molar-refractivity contribution in [3.63, 3.8) is 0 Å². The summed E-state index contributed by atoms with van der Waals surface area (Å²) in [5, 5.41) is 37.8. The van der Waals surface area contributed by atoms with E-state index >= 15 is 0 Å². The number of hydrogen-bond acceptors (Lipinski definition) is 9. The molecule has 2 aliphatic rings. The Morgan fingerprint density at radius 3 is 2.32 bits per heavy atom. The van der Waals surface area contributed by atoms with Gasteiger partial charge in [0.05, 0.1) is 19.3 Å². The van der Waals surface area contributed by atoms with Crippen molar-refractivity contribution in [2.24, 2.45) is 11.5 Å². The van der Waals surface area contributed by atoms with Crippen LogP contribution in [0.4, 0.5) is 0 Å². The molecule has 0 spiro atoms. The third kappa shape index (κ3) is 2.89. The summed E-state index contributed by atoms with van der Waals surface area (Å²) in [7, 11) is 0. The van der Waals surface area contributed by atoms with Gasteiger partial charge in [0.1, 0.15) is 18.3 Å². The lowest BCUT2D eigenvalue weighted by atomic mass is 10.1. The number of hydrogen-bond donors (Lipinski definition) is 6. The lowest BCUT2D eigenvalue weighted by Gasteiger charge is -2.27. The second-order valence-corrected chi connectivity index (χ2v) is 4.83. The van der Waals surface area contributed by atoms with E-state index in [-0.39, 0.29) is 19.6 Å². The fraction of sp³-hybridized carbons (Fsp3) is 1.00. The van der Waals surface area contributed by atoms with E-state index in [2.05, 4.69) is 0 Å². The van der Waals surface area contributed by atoms with E-state index in [9.17, 15) is 10.2 Å². The molecule has 0 aromatic carbocycles. The van der Waals surface area contributed by atoms with Crippen molar-refractivity contribution in [1.82, 2.24) is 0 Å². The van der Waals surface area contributed by atoms with Gasteiger partial charge in [-0.2, -0.15) is 0 Å². The molecule has 0 radical (unpaired) electrons. The first kappa shape index (κ1) is 15.0. The van der Waals surface area contributed by atoms with E-state index in [0.29, 0.717) is 0 Å². The second kappa shape index (κ2) is 5.56. The van der Waals surface area contributed by atoms with Gasteiger partial charge in [0.2, 0.25) is 0 Å². The summed E-state index contributed by atoms with van der Waals surface area (Å²) < 4.78 is 15.4. The van der Waals surface area contributed by atoms with Gasteiger partial charge in [0, 0.05) is 12.5 Å². The number of aliphatic hydroxyl groups excluding tert-OH is 3. The predicted octanol–water partition coefficient (Wildman–Crippen LogP) is -3.84. The molecule has 9 nitrogen and oxygen atoms in total. The van der Waals surface area contributed by atoms with Crippen LogP contribution in [0.5, 0.6) is 0 Å². The van der Waals surface area contributed by atoms with Crippen molar-refractivity contribution in [3.05, 3.63) is 0 Å². The van der Waals surface area contributed by atoms with E-state index in [4.69, 9.17) is 35.9 Å².